The Morgan fingerprint density at radius 3 is 2.60 bits per heavy atom. The Hall–Kier alpha value is -2.82. The third-order valence-electron chi connectivity index (χ3n) is 4.49. The van der Waals surface area contributed by atoms with E-state index in [1.54, 1.807) is 32.2 Å². The maximum Gasteiger partial charge on any atom is 0.251 e. The van der Waals surface area contributed by atoms with Crippen molar-refractivity contribution in [3.05, 3.63) is 59.2 Å². The third-order valence-corrected chi connectivity index (χ3v) is 4.49. The highest BCUT2D eigenvalue weighted by atomic mass is 16.2. The molecule has 3 N–H and O–H groups in total. The van der Waals surface area contributed by atoms with Crippen molar-refractivity contribution in [2.24, 2.45) is 0 Å². The van der Waals surface area contributed by atoms with Crippen molar-refractivity contribution in [3.63, 3.8) is 0 Å². The fraction of sp³-hybridized carbons (Fsp3) is 0.300. The summed E-state index contributed by atoms with van der Waals surface area (Å²) in [6.45, 7) is 1.80. The number of nitrogens with one attached hydrogen (secondary N) is 3. The number of carbonyl (C=O) groups excluding carboxylic acids is 2. The second kappa shape index (κ2) is 7.38. The number of fused-ring (bicyclic) bond motifs is 1. The van der Waals surface area contributed by atoms with Crippen molar-refractivity contribution < 1.29 is 9.59 Å². The van der Waals surface area contributed by atoms with E-state index in [0.29, 0.717) is 5.56 Å². The average Bonchev–Trinajstić information content (AvgIpc) is 3.09. The van der Waals surface area contributed by atoms with Gasteiger partial charge in [-0.1, -0.05) is 12.1 Å². The van der Waals surface area contributed by atoms with Gasteiger partial charge in [0.15, 0.2) is 0 Å². The molecule has 0 heterocycles. The Morgan fingerprint density at radius 2 is 1.80 bits per heavy atom. The number of carbonyl (C=O) groups is 2. The molecule has 0 bridgehead atoms. The number of benzene rings is 2. The van der Waals surface area contributed by atoms with Crippen LogP contribution in [0.5, 0.6) is 0 Å². The third kappa shape index (κ3) is 3.99. The average molecular weight is 337 g/mol. The quantitative estimate of drug-likeness (QED) is 0.785. The fourth-order valence-electron chi connectivity index (χ4n) is 3.11. The lowest BCUT2D eigenvalue weighted by molar-refractivity contribution is -0.116. The summed E-state index contributed by atoms with van der Waals surface area (Å²) in [5.74, 6) is -0.262. The molecule has 2 aromatic carbocycles. The molecule has 130 valence electrons. The predicted octanol–water partition coefficient (Wildman–Crippen LogP) is 2.97. The zero-order valence-electron chi connectivity index (χ0n) is 14.6. The number of hydrogen-bond acceptors (Lipinski definition) is 3. The molecule has 2 amide bonds. The van der Waals surface area contributed by atoms with E-state index in [1.807, 2.05) is 12.1 Å². The first-order chi connectivity index (χ1) is 12.1. The van der Waals surface area contributed by atoms with Crippen LogP contribution < -0.4 is 16.0 Å². The summed E-state index contributed by atoms with van der Waals surface area (Å²) in [5.41, 5.74) is 4.83. The Balaban J connectivity index is 1.64. The molecule has 0 aromatic heterocycles. The SMILES string of the molecule is CNC(=O)c1cccc(N[C@H](C)C(=O)Nc2ccc3c(c2)CCC3)c1. The molecule has 5 heteroatoms. The molecule has 3 rings (SSSR count). The summed E-state index contributed by atoms with van der Waals surface area (Å²) in [4.78, 5) is 24.1. The van der Waals surface area contributed by atoms with Crippen molar-refractivity contribution in [1.82, 2.24) is 5.32 Å². The zero-order valence-corrected chi connectivity index (χ0v) is 14.6. The first-order valence-electron chi connectivity index (χ1n) is 8.58. The lowest BCUT2D eigenvalue weighted by Crippen LogP contribution is -2.32. The zero-order chi connectivity index (χ0) is 17.8. The van der Waals surface area contributed by atoms with E-state index in [1.165, 1.54) is 17.5 Å². The maximum absolute atomic E-state index is 12.4. The van der Waals surface area contributed by atoms with E-state index in [-0.39, 0.29) is 11.8 Å². The van der Waals surface area contributed by atoms with Crippen LogP contribution in [0.1, 0.15) is 34.8 Å². The lowest BCUT2D eigenvalue weighted by atomic mass is 10.1. The van der Waals surface area contributed by atoms with E-state index < -0.39 is 6.04 Å². The van der Waals surface area contributed by atoms with Crippen LogP contribution in [0.4, 0.5) is 11.4 Å². The summed E-state index contributed by atoms with van der Waals surface area (Å²) < 4.78 is 0. The van der Waals surface area contributed by atoms with Gasteiger partial charge in [-0.2, -0.15) is 0 Å². The molecule has 0 aliphatic heterocycles. The van der Waals surface area contributed by atoms with Gasteiger partial charge >= 0.3 is 0 Å². The van der Waals surface area contributed by atoms with Crippen molar-refractivity contribution in [2.75, 3.05) is 17.7 Å². The molecular formula is C20H23N3O2. The predicted molar refractivity (Wildman–Crippen MR) is 100 cm³/mol. The molecule has 1 atom stereocenters. The summed E-state index contributed by atoms with van der Waals surface area (Å²) >= 11 is 0. The van der Waals surface area contributed by atoms with E-state index in [0.717, 1.165) is 24.2 Å². The van der Waals surface area contributed by atoms with E-state index in [4.69, 9.17) is 0 Å². The number of hydrogen-bond donors (Lipinski definition) is 3. The van der Waals surface area contributed by atoms with Crippen LogP contribution in [0.2, 0.25) is 0 Å². The van der Waals surface area contributed by atoms with Crippen molar-refractivity contribution >= 4 is 23.2 Å². The molecule has 25 heavy (non-hydrogen) atoms. The molecule has 1 aliphatic rings. The summed E-state index contributed by atoms with van der Waals surface area (Å²) in [6.07, 6.45) is 3.40. The topological polar surface area (TPSA) is 70.2 Å². The van der Waals surface area contributed by atoms with Gasteiger partial charge in [-0.3, -0.25) is 9.59 Å². The van der Waals surface area contributed by atoms with Gasteiger partial charge in [-0.05, 0) is 67.6 Å². The van der Waals surface area contributed by atoms with Gasteiger partial charge in [0.25, 0.3) is 5.91 Å². The van der Waals surface area contributed by atoms with Gasteiger partial charge in [0.1, 0.15) is 6.04 Å². The highest BCUT2D eigenvalue weighted by Crippen LogP contribution is 2.25. The minimum Gasteiger partial charge on any atom is -0.374 e. The molecule has 2 aromatic rings. The van der Waals surface area contributed by atoms with Crippen molar-refractivity contribution in [3.8, 4) is 0 Å². The minimum absolute atomic E-state index is 0.108. The van der Waals surface area contributed by atoms with E-state index >= 15 is 0 Å². The van der Waals surface area contributed by atoms with Crippen LogP contribution in [-0.4, -0.2) is 24.9 Å². The maximum atomic E-state index is 12.4. The smallest absolute Gasteiger partial charge is 0.251 e. The number of anilines is 2. The molecule has 0 saturated carbocycles. The van der Waals surface area contributed by atoms with Gasteiger partial charge in [-0.25, -0.2) is 0 Å². The summed E-state index contributed by atoms with van der Waals surface area (Å²) in [6, 6.07) is 12.8. The summed E-state index contributed by atoms with van der Waals surface area (Å²) in [7, 11) is 1.59. The largest absolute Gasteiger partial charge is 0.374 e. The van der Waals surface area contributed by atoms with Crippen LogP contribution >= 0.6 is 0 Å². The van der Waals surface area contributed by atoms with E-state index in [2.05, 4.69) is 28.1 Å². The molecule has 0 spiro atoms. The van der Waals surface area contributed by atoms with Crippen molar-refractivity contribution in [2.45, 2.75) is 32.2 Å². The van der Waals surface area contributed by atoms with Gasteiger partial charge in [0.2, 0.25) is 5.91 Å². The Labute approximate surface area is 147 Å². The molecule has 0 fully saturated rings. The first kappa shape index (κ1) is 17.0. The van der Waals surface area contributed by atoms with Crippen LogP contribution in [0.3, 0.4) is 0 Å². The second-order valence-corrected chi connectivity index (χ2v) is 6.35. The molecular weight excluding hydrogens is 314 g/mol. The number of amides is 2. The van der Waals surface area contributed by atoms with Gasteiger partial charge in [-0.15, -0.1) is 0 Å². The highest BCUT2D eigenvalue weighted by Gasteiger charge is 2.16. The molecule has 0 radical (unpaired) electrons. The van der Waals surface area contributed by atoms with Gasteiger partial charge in [0, 0.05) is 24.0 Å². The van der Waals surface area contributed by atoms with Crippen LogP contribution in [0.25, 0.3) is 0 Å². The standard InChI is InChI=1S/C20H23N3O2/c1-13(22-17-8-4-7-16(12-17)20(25)21-2)19(24)23-18-10-9-14-5-3-6-15(14)11-18/h4,7-13,22H,3,5-6H2,1-2H3,(H,21,25)(H,23,24)/t13-/m1/s1. The molecule has 1 aliphatic carbocycles. The van der Waals surface area contributed by atoms with E-state index in [9.17, 15) is 9.59 Å². The Kier molecular flexibility index (Phi) is 5.03. The van der Waals surface area contributed by atoms with Crippen molar-refractivity contribution in [1.29, 1.82) is 0 Å². The molecule has 0 saturated heterocycles. The normalized spacial score (nSPS) is 13.7. The Bertz CT molecular complexity index is 801. The second-order valence-electron chi connectivity index (χ2n) is 6.35. The molecule has 5 nitrogen and oxygen atoms in total. The number of aryl methyl sites for hydroxylation is 2. The van der Waals surface area contributed by atoms with Crippen LogP contribution in [-0.2, 0) is 17.6 Å². The van der Waals surface area contributed by atoms with Crippen LogP contribution in [0, 0.1) is 0 Å². The monoisotopic (exact) mass is 337 g/mol. The van der Waals surface area contributed by atoms with Gasteiger partial charge < -0.3 is 16.0 Å². The highest BCUT2D eigenvalue weighted by molar-refractivity contribution is 5.97. The van der Waals surface area contributed by atoms with Gasteiger partial charge in [0.05, 0.1) is 0 Å². The minimum atomic E-state index is -0.423. The number of rotatable bonds is 5. The molecule has 0 unspecified atom stereocenters. The van der Waals surface area contributed by atoms with Crippen LogP contribution in [0.15, 0.2) is 42.5 Å². The first-order valence-corrected chi connectivity index (χ1v) is 8.58. The Morgan fingerprint density at radius 1 is 1.00 bits per heavy atom. The fourth-order valence-corrected chi connectivity index (χ4v) is 3.11. The summed E-state index contributed by atoms with van der Waals surface area (Å²) in [5, 5.41) is 8.69. The lowest BCUT2D eigenvalue weighted by Gasteiger charge is -2.16.